The van der Waals surface area contributed by atoms with E-state index in [2.05, 4.69) is 46.3 Å². The first kappa shape index (κ1) is 14.3. The number of piperidine rings is 1. The first-order valence-electron chi connectivity index (χ1n) is 8.04. The highest BCUT2D eigenvalue weighted by Crippen LogP contribution is 2.24. The van der Waals surface area contributed by atoms with Crippen LogP contribution in [0.1, 0.15) is 31.7 Å². The van der Waals surface area contributed by atoms with Crippen molar-refractivity contribution in [3.8, 4) is 0 Å². The normalized spacial score (nSPS) is 19.3. The van der Waals surface area contributed by atoms with Gasteiger partial charge in [-0.2, -0.15) is 9.61 Å². The molecule has 3 heterocycles. The van der Waals surface area contributed by atoms with Gasteiger partial charge in [-0.05, 0) is 62.9 Å². The number of hydrogen-bond acceptors (Lipinski definition) is 4. The number of hydrogen-bond donors (Lipinski definition) is 1. The van der Waals surface area contributed by atoms with Gasteiger partial charge < -0.3 is 10.2 Å². The molecule has 5 heteroatoms. The van der Waals surface area contributed by atoms with Crippen molar-refractivity contribution in [2.45, 2.75) is 33.1 Å². The van der Waals surface area contributed by atoms with Crippen molar-refractivity contribution < 1.29 is 0 Å². The molecule has 1 saturated heterocycles. The Kier molecular flexibility index (Phi) is 4.39. The lowest BCUT2D eigenvalue weighted by molar-refractivity contribution is 0.390. The summed E-state index contributed by atoms with van der Waals surface area (Å²) in [4.78, 5) is 6.80. The second kappa shape index (κ2) is 6.43. The molecular weight excluding hydrogens is 262 g/mol. The first-order chi connectivity index (χ1) is 10.3. The van der Waals surface area contributed by atoms with Crippen molar-refractivity contribution in [3.05, 3.63) is 24.0 Å². The quantitative estimate of drug-likeness (QED) is 0.857. The molecule has 0 amide bonds. The summed E-state index contributed by atoms with van der Waals surface area (Å²) in [5.41, 5.74) is 2.19. The Balaban J connectivity index is 1.77. The van der Waals surface area contributed by atoms with E-state index in [1.807, 2.05) is 4.52 Å². The summed E-state index contributed by atoms with van der Waals surface area (Å²) in [6.07, 6.45) is 5.42. The lowest BCUT2D eigenvalue weighted by atomic mass is 9.98. The molecule has 1 aliphatic rings. The largest absolute Gasteiger partial charge is 0.356 e. The molecule has 0 radical (unpaired) electrons. The van der Waals surface area contributed by atoms with Crippen molar-refractivity contribution in [1.29, 1.82) is 0 Å². The molecule has 0 spiro atoms. The van der Waals surface area contributed by atoms with Gasteiger partial charge in [-0.15, -0.1) is 0 Å². The van der Waals surface area contributed by atoms with E-state index in [1.165, 1.54) is 30.6 Å². The fourth-order valence-corrected chi connectivity index (χ4v) is 3.18. The van der Waals surface area contributed by atoms with Crippen LogP contribution in [0.2, 0.25) is 0 Å². The molecule has 0 bridgehead atoms. The van der Waals surface area contributed by atoms with Crippen molar-refractivity contribution in [1.82, 2.24) is 19.9 Å². The molecule has 1 N–H and O–H groups in total. The van der Waals surface area contributed by atoms with E-state index in [4.69, 9.17) is 0 Å². The second-order valence-electron chi connectivity index (χ2n) is 6.08. The smallest absolute Gasteiger partial charge is 0.157 e. The van der Waals surface area contributed by atoms with Gasteiger partial charge in [0.05, 0.1) is 0 Å². The molecule has 0 aliphatic carbocycles. The third kappa shape index (κ3) is 3.18. The maximum absolute atomic E-state index is 4.38. The Morgan fingerprint density at radius 2 is 2.29 bits per heavy atom. The minimum Gasteiger partial charge on any atom is -0.356 e. The Bertz CT molecular complexity index is 591. The van der Waals surface area contributed by atoms with Gasteiger partial charge in [0.2, 0.25) is 0 Å². The highest BCUT2D eigenvalue weighted by atomic mass is 15.4. The van der Waals surface area contributed by atoms with Crippen molar-refractivity contribution in [3.63, 3.8) is 0 Å². The van der Waals surface area contributed by atoms with Gasteiger partial charge in [-0.1, -0.05) is 6.92 Å². The minimum atomic E-state index is 0.726. The maximum Gasteiger partial charge on any atom is 0.157 e. The van der Waals surface area contributed by atoms with E-state index in [0.717, 1.165) is 37.7 Å². The van der Waals surface area contributed by atoms with Crippen LogP contribution in [0.3, 0.4) is 0 Å². The van der Waals surface area contributed by atoms with Gasteiger partial charge in [0.15, 0.2) is 5.65 Å². The van der Waals surface area contributed by atoms with Crippen LogP contribution in [0.15, 0.2) is 18.5 Å². The Morgan fingerprint density at radius 1 is 1.38 bits per heavy atom. The summed E-state index contributed by atoms with van der Waals surface area (Å²) in [6, 6.07) is 4.31. The highest BCUT2D eigenvalue weighted by molar-refractivity contribution is 5.53. The summed E-state index contributed by atoms with van der Waals surface area (Å²) in [5, 5.41) is 7.94. The average molecular weight is 287 g/mol. The number of anilines is 1. The van der Waals surface area contributed by atoms with Crippen LogP contribution in [0.4, 0.5) is 5.82 Å². The van der Waals surface area contributed by atoms with Crippen LogP contribution in [0, 0.1) is 12.8 Å². The van der Waals surface area contributed by atoms with E-state index in [0.29, 0.717) is 0 Å². The topological polar surface area (TPSA) is 45.5 Å². The minimum absolute atomic E-state index is 0.726. The van der Waals surface area contributed by atoms with E-state index in [-0.39, 0.29) is 0 Å². The van der Waals surface area contributed by atoms with Gasteiger partial charge >= 0.3 is 0 Å². The van der Waals surface area contributed by atoms with Crippen LogP contribution in [-0.2, 0) is 0 Å². The fourth-order valence-electron chi connectivity index (χ4n) is 3.18. The van der Waals surface area contributed by atoms with Gasteiger partial charge in [0.25, 0.3) is 0 Å². The standard InChI is InChI=1S/C16H25N5/c1-3-6-17-10-14-5-4-7-20(11-14)16-9-13(2)8-15-18-12-19-21(15)16/h8-9,12,14,17H,3-7,10-11H2,1-2H3. The highest BCUT2D eigenvalue weighted by Gasteiger charge is 2.22. The van der Waals surface area contributed by atoms with Gasteiger partial charge in [0, 0.05) is 13.1 Å². The number of aryl methyl sites for hydroxylation is 1. The third-order valence-corrected chi connectivity index (χ3v) is 4.21. The zero-order valence-electron chi connectivity index (χ0n) is 13.0. The molecule has 1 unspecified atom stereocenters. The summed E-state index contributed by atoms with van der Waals surface area (Å²) >= 11 is 0. The number of nitrogens with zero attached hydrogens (tertiary/aromatic N) is 4. The number of aromatic nitrogens is 3. The molecule has 0 aromatic carbocycles. The molecule has 1 fully saturated rings. The van der Waals surface area contributed by atoms with E-state index in [9.17, 15) is 0 Å². The number of rotatable bonds is 5. The van der Waals surface area contributed by atoms with Crippen molar-refractivity contribution in [2.24, 2.45) is 5.92 Å². The molecule has 21 heavy (non-hydrogen) atoms. The SMILES string of the molecule is CCCNCC1CCCN(c2cc(C)cc3ncnn23)C1. The van der Waals surface area contributed by atoms with Gasteiger partial charge in [-0.3, -0.25) is 0 Å². The van der Waals surface area contributed by atoms with Crippen LogP contribution in [0.5, 0.6) is 0 Å². The molecule has 114 valence electrons. The monoisotopic (exact) mass is 287 g/mol. The molecule has 1 atom stereocenters. The van der Waals surface area contributed by atoms with E-state index in [1.54, 1.807) is 6.33 Å². The lowest BCUT2D eigenvalue weighted by Crippen LogP contribution is -2.40. The first-order valence-corrected chi connectivity index (χ1v) is 8.04. The number of fused-ring (bicyclic) bond motifs is 1. The molecule has 1 aliphatic heterocycles. The third-order valence-electron chi connectivity index (χ3n) is 4.21. The van der Waals surface area contributed by atoms with Gasteiger partial charge in [0.1, 0.15) is 12.1 Å². The van der Waals surface area contributed by atoms with Crippen LogP contribution in [0.25, 0.3) is 5.65 Å². The predicted octanol–water partition coefficient (Wildman–Crippen LogP) is 2.25. The number of pyridine rings is 1. The second-order valence-corrected chi connectivity index (χ2v) is 6.08. The summed E-state index contributed by atoms with van der Waals surface area (Å²) in [6.45, 7) is 8.81. The molecule has 2 aromatic heterocycles. The van der Waals surface area contributed by atoms with Gasteiger partial charge in [-0.25, -0.2) is 4.98 Å². The van der Waals surface area contributed by atoms with E-state index >= 15 is 0 Å². The van der Waals surface area contributed by atoms with Crippen molar-refractivity contribution in [2.75, 3.05) is 31.1 Å². The average Bonchev–Trinajstić information content (AvgIpc) is 2.95. The predicted molar refractivity (Wildman–Crippen MR) is 85.8 cm³/mol. The zero-order valence-corrected chi connectivity index (χ0v) is 13.0. The Hall–Kier alpha value is -1.62. The lowest BCUT2D eigenvalue weighted by Gasteiger charge is -2.34. The summed E-state index contributed by atoms with van der Waals surface area (Å²) < 4.78 is 1.97. The van der Waals surface area contributed by atoms with Crippen molar-refractivity contribution >= 4 is 11.5 Å². The van der Waals surface area contributed by atoms with Crippen LogP contribution < -0.4 is 10.2 Å². The Morgan fingerprint density at radius 3 is 3.14 bits per heavy atom. The van der Waals surface area contributed by atoms with Crippen LogP contribution in [-0.4, -0.2) is 40.8 Å². The summed E-state index contributed by atoms with van der Waals surface area (Å²) in [7, 11) is 0. The molecule has 5 nitrogen and oxygen atoms in total. The molecule has 2 aromatic rings. The molecule has 0 saturated carbocycles. The Labute approximate surface area is 126 Å². The summed E-state index contributed by atoms with van der Waals surface area (Å²) in [5.74, 6) is 1.91. The fraction of sp³-hybridized carbons (Fsp3) is 0.625. The zero-order chi connectivity index (χ0) is 14.7. The molecule has 3 rings (SSSR count). The molecular formula is C16H25N5. The van der Waals surface area contributed by atoms with Crippen LogP contribution >= 0.6 is 0 Å². The maximum atomic E-state index is 4.38. The number of nitrogens with one attached hydrogen (secondary N) is 1. The van der Waals surface area contributed by atoms with E-state index < -0.39 is 0 Å².